The Kier molecular flexibility index (Phi) is 4.06. The molecule has 1 heterocycles. The van der Waals surface area contributed by atoms with E-state index in [4.69, 9.17) is 5.14 Å². The van der Waals surface area contributed by atoms with Gasteiger partial charge in [-0.3, -0.25) is 4.79 Å². The van der Waals surface area contributed by atoms with Crippen LogP contribution in [0.4, 0.5) is 0 Å². The molecule has 1 fully saturated rings. The van der Waals surface area contributed by atoms with E-state index in [1.54, 1.807) is 0 Å². The van der Waals surface area contributed by atoms with Gasteiger partial charge in [0.1, 0.15) is 6.04 Å². The van der Waals surface area contributed by atoms with Crippen molar-refractivity contribution in [2.75, 3.05) is 13.1 Å². The molecular weight excluding hydrogens is 318 g/mol. The van der Waals surface area contributed by atoms with E-state index in [2.05, 4.69) is 5.32 Å². The Morgan fingerprint density at radius 1 is 1.24 bits per heavy atom. The molecule has 10 heteroatoms. The number of piperazine rings is 1. The van der Waals surface area contributed by atoms with Crippen LogP contribution in [-0.4, -0.2) is 46.2 Å². The highest BCUT2D eigenvalue weighted by Gasteiger charge is 2.35. The quantitative estimate of drug-likeness (QED) is 0.721. The summed E-state index contributed by atoms with van der Waals surface area (Å²) >= 11 is 0. The number of carbonyl (C=O) groups is 1. The van der Waals surface area contributed by atoms with Gasteiger partial charge in [0, 0.05) is 13.1 Å². The molecule has 1 aliphatic heterocycles. The van der Waals surface area contributed by atoms with Crippen LogP contribution < -0.4 is 10.5 Å². The molecule has 0 radical (unpaired) electrons. The molecule has 3 N–H and O–H groups in total. The normalized spacial score (nSPS) is 21.0. The second-order valence-electron chi connectivity index (χ2n) is 4.60. The maximum absolute atomic E-state index is 12.5. The molecule has 1 aromatic carbocycles. The predicted molar refractivity (Wildman–Crippen MR) is 74.2 cm³/mol. The average Bonchev–Trinajstić information content (AvgIpc) is 2.41. The Hall–Kier alpha value is -1.49. The van der Waals surface area contributed by atoms with Crippen LogP contribution in [0.3, 0.4) is 0 Å². The van der Waals surface area contributed by atoms with Crippen molar-refractivity contribution in [1.82, 2.24) is 9.62 Å². The number of rotatable bonds is 3. The number of amides is 1. The first kappa shape index (κ1) is 15.9. The van der Waals surface area contributed by atoms with Crippen LogP contribution in [0.25, 0.3) is 0 Å². The van der Waals surface area contributed by atoms with E-state index in [-0.39, 0.29) is 22.9 Å². The maximum atomic E-state index is 12.5. The minimum Gasteiger partial charge on any atom is -0.353 e. The van der Waals surface area contributed by atoms with Crippen LogP contribution in [-0.2, 0) is 24.8 Å². The summed E-state index contributed by atoms with van der Waals surface area (Å²) in [6.07, 6.45) is 0. The van der Waals surface area contributed by atoms with E-state index >= 15 is 0 Å². The third-order valence-corrected chi connectivity index (χ3v) is 6.06. The van der Waals surface area contributed by atoms with E-state index in [1.165, 1.54) is 25.1 Å². The van der Waals surface area contributed by atoms with Gasteiger partial charge in [0.05, 0.1) is 9.79 Å². The molecule has 1 aromatic rings. The van der Waals surface area contributed by atoms with Crippen LogP contribution in [0.5, 0.6) is 0 Å². The number of nitrogens with zero attached hydrogens (tertiary/aromatic N) is 1. The standard InChI is InChI=1S/C11H15N3O5S2/c1-8-11(15)13-5-6-14(8)21(18,19)10-4-2-3-9(7-10)20(12,16)17/h2-4,7-8H,5-6H2,1H3,(H,13,15)(H2,12,16,17). The lowest BCUT2D eigenvalue weighted by atomic mass is 10.2. The number of primary sulfonamides is 1. The predicted octanol–water partition coefficient (Wildman–Crippen LogP) is -1.16. The number of nitrogens with one attached hydrogen (secondary N) is 1. The number of carbonyl (C=O) groups excluding carboxylic acids is 1. The van der Waals surface area contributed by atoms with Crippen LogP contribution in [0.15, 0.2) is 34.1 Å². The number of benzene rings is 1. The molecule has 2 rings (SSSR count). The highest BCUT2D eigenvalue weighted by Crippen LogP contribution is 2.21. The van der Waals surface area contributed by atoms with E-state index in [9.17, 15) is 21.6 Å². The van der Waals surface area contributed by atoms with Gasteiger partial charge >= 0.3 is 0 Å². The molecule has 1 unspecified atom stereocenters. The molecule has 1 aliphatic rings. The lowest BCUT2D eigenvalue weighted by Gasteiger charge is -2.31. The first-order chi connectivity index (χ1) is 9.64. The molecule has 0 aliphatic carbocycles. The van der Waals surface area contributed by atoms with Gasteiger partial charge in [-0.2, -0.15) is 4.31 Å². The number of sulfonamides is 2. The van der Waals surface area contributed by atoms with Gasteiger partial charge in [0.25, 0.3) is 0 Å². The molecule has 1 atom stereocenters. The topological polar surface area (TPSA) is 127 Å². The molecule has 0 saturated carbocycles. The molecule has 116 valence electrons. The monoisotopic (exact) mass is 333 g/mol. The van der Waals surface area contributed by atoms with Gasteiger partial charge in [-0.1, -0.05) is 6.07 Å². The van der Waals surface area contributed by atoms with Crippen molar-refractivity contribution < 1.29 is 21.6 Å². The fraction of sp³-hybridized carbons (Fsp3) is 0.364. The molecular formula is C11H15N3O5S2. The lowest BCUT2D eigenvalue weighted by molar-refractivity contribution is -0.126. The second kappa shape index (κ2) is 5.37. The van der Waals surface area contributed by atoms with Gasteiger partial charge in [-0.15, -0.1) is 0 Å². The summed E-state index contributed by atoms with van der Waals surface area (Å²) in [5, 5.41) is 7.56. The van der Waals surface area contributed by atoms with Crippen molar-refractivity contribution in [3.8, 4) is 0 Å². The summed E-state index contributed by atoms with van der Waals surface area (Å²) in [7, 11) is -7.98. The zero-order chi connectivity index (χ0) is 15.8. The van der Waals surface area contributed by atoms with E-state index in [0.29, 0.717) is 0 Å². The van der Waals surface area contributed by atoms with Crippen molar-refractivity contribution in [3.05, 3.63) is 24.3 Å². The number of hydrogen-bond acceptors (Lipinski definition) is 5. The summed E-state index contributed by atoms with van der Waals surface area (Å²) in [5.74, 6) is -0.396. The molecule has 21 heavy (non-hydrogen) atoms. The molecule has 0 spiro atoms. The van der Waals surface area contributed by atoms with E-state index in [0.717, 1.165) is 10.4 Å². The Morgan fingerprint density at radius 2 is 1.86 bits per heavy atom. The number of hydrogen-bond donors (Lipinski definition) is 2. The minimum absolute atomic E-state index is 0.120. The van der Waals surface area contributed by atoms with Gasteiger partial charge in [-0.25, -0.2) is 22.0 Å². The Morgan fingerprint density at radius 3 is 2.48 bits per heavy atom. The van der Waals surface area contributed by atoms with Crippen molar-refractivity contribution in [1.29, 1.82) is 0 Å². The molecule has 0 bridgehead atoms. The summed E-state index contributed by atoms with van der Waals surface area (Å²) in [6, 6.07) is 3.90. The highest BCUT2D eigenvalue weighted by atomic mass is 32.2. The van der Waals surface area contributed by atoms with Crippen LogP contribution >= 0.6 is 0 Å². The van der Waals surface area contributed by atoms with Crippen molar-refractivity contribution >= 4 is 26.0 Å². The van der Waals surface area contributed by atoms with Crippen molar-refractivity contribution in [2.45, 2.75) is 22.8 Å². The van der Waals surface area contributed by atoms with Crippen molar-refractivity contribution in [3.63, 3.8) is 0 Å². The van der Waals surface area contributed by atoms with Crippen molar-refractivity contribution in [2.24, 2.45) is 5.14 Å². The maximum Gasteiger partial charge on any atom is 0.243 e. The zero-order valence-corrected chi connectivity index (χ0v) is 12.8. The van der Waals surface area contributed by atoms with E-state index in [1.807, 2.05) is 0 Å². The Balaban J connectivity index is 2.47. The van der Waals surface area contributed by atoms with Crippen LogP contribution in [0.1, 0.15) is 6.92 Å². The molecule has 8 nitrogen and oxygen atoms in total. The van der Waals surface area contributed by atoms with Crippen LogP contribution in [0, 0.1) is 0 Å². The fourth-order valence-electron chi connectivity index (χ4n) is 2.04. The summed E-state index contributed by atoms with van der Waals surface area (Å²) < 4.78 is 48.7. The van der Waals surface area contributed by atoms with Gasteiger partial charge in [0.2, 0.25) is 26.0 Å². The average molecular weight is 333 g/mol. The number of nitrogens with two attached hydrogens (primary N) is 1. The summed E-state index contributed by atoms with van der Waals surface area (Å²) in [6.45, 7) is 1.79. The molecule has 1 saturated heterocycles. The van der Waals surface area contributed by atoms with E-state index < -0.39 is 32.0 Å². The van der Waals surface area contributed by atoms with Gasteiger partial charge in [-0.05, 0) is 25.1 Å². The second-order valence-corrected chi connectivity index (χ2v) is 8.05. The first-order valence-corrected chi connectivity index (χ1v) is 9.05. The van der Waals surface area contributed by atoms with Gasteiger partial charge < -0.3 is 5.32 Å². The highest BCUT2D eigenvalue weighted by molar-refractivity contribution is 7.90. The Labute approximate surface area is 123 Å². The first-order valence-electron chi connectivity index (χ1n) is 6.06. The Bertz CT molecular complexity index is 773. The summed E-state index contributed by atoms with van der Waals surface area (Å²) in [5.41, 5.74) is 0. The van der Waals surface area contributed by atoms with Gasteiger partial charge in [0.15, 0.2) is 0 Å². The fourth-order valence-corrected chi connectivity index (χ4v) is 4.31. The largest absolute Gasteiger partial charge is 0.353 e. The molecule has 0 aromatic heterocycles. The zero-order valence-electron chi connectivity index (χ0n) is 11.2. The smallest absolute Gasteiger partial charge is 0.243 e. The lowest BCUT2D eigenvalue weighted by Crippen LogP contribution is -2.55. The SMILES string of the molecule is CC1C(=O)NCCN1S(=O)(=O)c1cccc(S(N)(=O)=O)c1. The minimum atomic E-state index is -4.00. The third kappa shape index (κ3) is 3.07. The molecule has 1 amide bonds. The summed E-state index contributed by atoms with van der Waals surface area (Å²) in [4.78, 5) is 11.1. The third-order valence-electron chi connectivity index (χ3n) is 3.18. The van der Waals surface area contributed by atoms with Crippen LogP contribution in [0.2, 0.25) is 0 Å².